The Kier molecular flexibility index (Phi) is 16.2. The molecule has 1 N–H and O–H groups in total. The molecule has 0 rings (SSSR count). The lowest BCUT2D eigenvalue weighted by Gasteiger charge is -1.88. The van der Waals surface area contributed by atoms with Crippen molar-refractivity contribution in [3.05, 3.63) is 72.9 Å². The summed E-state index contributed by atoms with van der Waals surface area (Å²) in [4.78, 5) is 21.9. The van der Waals surface area contributed by atoms with Crippen LogP contribution in [0, 0.1) is 0 Å². The maximum Gasteiger partial charge on any atom is 0.303 e. The monoisotopic (exact) mass is 342 g/mol. The summed E-state index contributed by atoms with van der Waals surface area (Å²) in [5.41, 5.74) is 0. The first-order chi connectivity index (χ1) is 12.2. The van der Waals surface area contributed by atoms with Crippen molar-refractivity contribution in [2.45, 2.75) is 51.9 Å². The van der Waals surface area contributed by atoms with Crippen LogP contribution in [0.2, 0.25) is 0 Å². The molecule has 3 heteroatoms. The maximum absolute atomic E-state index is 11.6. The number of carbonyl (C=O) groups excluding carboxylic acids is 1. The molecule has 0 aliphatic heterocycles. The smallest absolute Gasteiger partial charge is 0.303 e. The van der Waals surface area contributed by atoms with Crippen molar-refractivity contribution >= 4 is 11.8 Å². The van der Waals surface area contributed by atoms with Gasteiger partial charge in [-0.25, -0.2) is 0 Å². The number of hydrogen-bond acceptors (Lipinski definition) is 2. The third-order valence-corrected chi connectivity index (χ3v) is 3.09. The Morgan fingerprint density at radius 2 is 1.36 bits per heavy atom. The topological polar surface area (TPSA) is 54.4 Å². The molecule has 0 bridgehead atoms. The lowest BCUT2D eigenvalue weighted by Crippen LogP contribution is -1.91. The van der Waals surface area contributed by atoms with E-state index in [1.807, 2.05) is 48.6 Å². The zero-order valence-corrected chi connectivity index (χ0v) is 15.1. The van der Waals surface area contributed by atoms with Gasteiger partial charge in [0.2, 0.25) is 0 Å². The number of hydrogen-bond donors (Lipinski definition) is 1. The van der Waals surface area contributed by atoms with Crippen LogP contribution in [0.3, 0.4) is 0 Å². The van der Waals surface area contributed by atoms with Crippen LogP contribution in [0.4, 0.5) is 0 Å². The van der Waals surface area contributed by atoms with Crippen molar-refractivity contribution in [1.82, 2.24) is 0 Å². The third kappa shape index (κ3) is 19.5. The Morgan fingerprint density at radius 3 is 2.04 bits per heavy atom. The highest BCUT2D eigenvalue weighted by atomic mass is 16.4. The summed E-state index contributed by atoms with van der Waals surface area (Å²) < 4.78 is 0. The van der Waals surface area contributed by atoms with E-state index in [2.05, 4.69) is 19.1 Å². The molecule has 0 spiro atoms. The number of allylic oxidation sites excluding steroid dienone is 12. The summed E-state index contributed by atoms with van der Waals surface area (Å²) >= 11 is 0. The molecule has 0 amide bonds. The van der Waals surface area contributed by atoms with Gasteiger partial charge in [-0.05, 0) is 38.2 Å². The van der Waals surface area contributed by atoms with Crippen LogP contribution in [0.15, 0.2) is 72.9 Å². The van der Waals surface area contributed by atoms with Gasteiger partial charge in [0.15, 0.2) is 5.78 Å². The standard InChI is InChI=1S/C22H30O3/c1-2-3-4-5-9-12-15-18-21(23)19-16-13-10-7-6-8-11-14-17-20-22(24)25/h3-4,6-7,9,11-16,18H,2,5,8,10,17,19-20H2,1H3,(H,24,25). The van der Waals surface area contributed by atoms with E-state index in [9.17, 15) is 9.59 Å². The molecule has 3 nitrogen and oxygen atoms in total. The van der Waals surface area contributed by atoms with Crippen LogP contribution < -0.4 is 0 Å². The van der Waals surface area contributed by atoms with Crippen molar-refractivity contribution in [2.75, 3.05) is 0 Å². The molecule has 0 saturated heterocycles. The lowest BCUT2D eigenvalue weighted by atomic mass is 10.2. The molecule has 0 aromatic carbocycles. The normalized spacial score (nSPS) is 12.8. The van der Waals surface area contributed by atoms with Crippen LogP contribution in [0.25, 0.3) is 0 Å². The third-order valence-electron chi connectivity index (χ3n) is 3.09. The number of ketones is 1. The summed E-state index contributed by atoms with van der Waals surface area (Å²) in [6.45, 7) is 2.10. The Balaban J connectivity index is 3.72. The molecule has 0 unspecified atom stereocenters. The molecule has 136 valence electrons. The molecule has 25 heavy (non-hydrogen) atoms. The second kappa shape index (κ2) is 17.9. The Labute approximate surface area is 151 Å². The molecule has 0 fully saturated rings. The number of aliphatic carboxylic acids is 1. The van der Waals surface area contributed by atoms with Gasteiger partial charge in [0.1, 0.15) is 0 Å². The molecule has 0 atom stereocenters. The van der Waals surface area contributed by atoms with E-state index in [4.69, 9.17) is 5.11 Å². The molecule has 0 heterocycles. The van der Waals surface area contributed by atoms with Crippen LogP contribution in [0.1, 0.15) is 51.9 Å². The van der Waals surface area contributed by atoms with Crippen LogP contribution in [-0.2, 0) is 9.59 Å². The highest BCUT2D eigenvalue weighted by Crippen LogP contribution is 1.97. The fourth-order valence-corrected chi connectivity index (χ4v) is 1.80. The quantitative estimate of drug-likeness (QED) is 0.249. The van der Waals surface area contributed by atoms with Gasteiger partial charge in [0, 0.05) is 12.8 Å². The summed E-state index contributed by atoms with van der Waals surface area (Å²) in [7, 11) is 0. The molecule has 0 aromatic rings. The van der Waals surface area contributed by atoms with Gasteiger partial charge in [-0.1, -0.05) is 73.8 Å². The fraction of sp³-hybridized carbons (Fsp3) is 0.364. The van der Waals surface area contributed by atoms with Gasteiger partial charge in [-0.15, -0.1) is 0 Å². The zero-order valence-electron chi connectivity index (χ0n) is 15.1. The minimum Gasteiger partial charge on any atom is -0.481 e. The SMILES string of the molecule is CCC=CCC=CC=CC(=O)CC=CCC=CCC=CCCC(=O)O. The molecule has 0 aromatic heterocycles. The second-order valence-electron chi connectivity index (χ2n) is 5.39. The van der Waals surface area contributed by atoms with E-state index in [1.54, 1.807) is 12.2 Å². The van der Waals surface area contributed by atoms with Crippen LogP contribution >= 0.6 is 0 Å². The highest BCUT2D eigenvalue weighted by Gasteiger charge is 1.91. The minimum atomic E-state index is -0.769. The van der Waals surface area contributed by atoms with Gasteiger partial charge in [-0.2, -0.15) is 0 Å². The highest BCUT2D eigenvalue weighted by molar-refractivity contribution is 5.90. The van der Waals surface area contributed by atoms with Gasteiger partial charge in [-0.3, -0.25) is 9.59 Å². The van der Waals surface area contributed by atoms with Gasteiger partial charge < -0.3 is 5.11 Å². The molecular weight excluding hydrogens is 312 g/mol. The van der Waals surface area contributed by atoms with E-state index in [0.717, 1.165) is 25.7 Å². The van der Waals surface area contributed by atoms with Crippen molar-refractivity contribution in [3.8, 4) is 0 Å². The van der Waals surface area contributed by atoms with E-state index >= 15 is 0 Å². The predicted octanol–water partition coefficient (Wildman–Crippen LogP) is 5.73. The van der Waals surface area contributed by atoms with Crippen LogP contribution in [0.5, 0.6) is 0 Å². The summed E-state index contributed by atoms with van der Waals surface area (Å²) in [6, 6.07) is 0. The molecule has 0 aliphatic rings. The predicted molar refractivity (Wildman–Crippen MR) is 105 cm³/mol. The van der Waals surface area contributed by atoms with Crippen LogP contribution in [-0.4, -0.2) is 16.9 Å². The van der Waals surface area contributed by atoms with Crippen molar-refractivity contribution in [1.29, 1.82) is 0 Å². The zero-order chi connectivity index (χ0) is 18.6. The first-order valence-electron chi connectivity index (χ1n) is 8.84. The van der Waals surface area contributed by atoms with Crippen molar-refractivity contribution in [2.24, 2.45) is 0 Å². The average Bonchev–Trinajstić information content (AvgIpc) is 2.58. The summed E-state index contributed by atoms with van der Waals surface area (Å²) in [5.74, 6) is -0.676. The van der Waals surface area contributed by atoms with Gasteiger partial charge in [0.25, 0.3) is 0 Å². The van der Waals surface area contributed by atoms with Crippen molar-refractivity contribution < 1.29 is 14.7 Å². The number of carboxylic acid groups (broad SMARTS) is 1. The van der Waals surface area contributed by atoms with E-state index in [0.29, 0.717) is 12.8 Å². The van der Waals surface area contributed by atoms with E-state index in [1.165, 1.54) is 0 Å². The van der Waals surface area contributed by atoms with Gasteiger partial charge in [0.05, 0.1) is 0 Å². The summed E-state index contributed by atoms with van der Waals surface area (Å²) in [6.07, 6.45) is 28.0. The van der Waals surface area contributed by atoms with Gasteiger partial charge >= 0.3 is 5.97 Å². The molecular formula is C22H30O3. The first kappa shape index (κ1) is 22.6. The number of rotatable bonds is 14. The molecule has 0 saturated carbocycles. The Bertz CT molecular complexity index is 531. The average molecular weight is 342 g/mol. The fourth-order valence-electron chi connectivity index (χ4n) is 1.80. The lowest BCUT2D eigenvalue weighted by molar-refractivity contribution is -0.136. The number of carbonyl (C=O) groups is 2. The maximum atomic E-state index is 11.6. The molecule has 0 aliphatic carbocycles. The second-order valence-corrected chi connectivity index (χ2v) is 5.39. The summed E-state index contributed by atoms with van der Waals surface area (Å²) in [5, 5.41) is 8.49. The number of carboxylic acids is 1. The minimum absolute atomic E-state index is 0.0929. The van der Waals surface area contributed by atoms with E-state index < -0.39 is 5.97 Å². The Hall–Kier alpha value is -2.42. The van der Waals surface area contributed by atoms with Crippen molar-refractivity contribution in [3.63, 3.8) is 0 Å². The Morgan fingerprint density at radius 1 is 0.760 bits per heavy atom. The first-order valence-corrected chi connectivity index (χ1v) is 8.84. The van der Waals surface area contributed by atoms with E-state index in [-0.39, 0.29) is 12.2 Å². The molecule has 0 radical (unpaired) electrons. The largest absolute Gasteiger partial charge is 0.481 e.